The molecule has 0 aliphatic heterocycles. The van der Waals surface area contributed by atoms with E-state index in [9.17, 15) is 9.59 Å². The molecule has 5 nitrogen and oxygen atoms in total. The van der Waals surface area contributed by atoms with Crippen molar-refractivity contribution in [3.05, 3.63) is 70.9 Å². The van der Waals surface area contributed by atoms with Crippen LogP contribution in [-0.4, -0.2) is 25.6 Å². The maximum absolute atomic E-state index is 12.6. The van der Waals surface area contributed by atoms with E-state index in [0.717, 1.165) is 11.1 Å². The molecule has 0 unspecified atom stereocenters. The maximum atomic E-state index is 12.6. The highest BCUT2D eigenvalue weighted by atomic mass is 16.5. The fourth-order valence-corrected chi connectivity index (χ4v) is 2.54. The van der Waals surface area contributed by atoms with Crippen molar-refractivity contribution in [3.8, 4) is 5.75 Å². The summed E-state index contributed by atoms with van der Waals surface area (Å²) in [4.78, 5) is 24.9. The third-order valence-electron chi connectivity index (χ3n) is 4.18. The highest BCUT2D eigenvalue weighted by molar-refractivity contribution is 6.03. The summed E-state index contributed by atoms with van der Waals surface area (Å²) in [5.74, 6) is -0.246. The number of amides is 1. The number of methoxy groups -OCH3 is 1. The summed E-state index contributed by atoms with van der Waals surface area (Å²) < 4.78 is 10.2. The molecule has 1 amide bonds. The smallest absolute Gasteiger partial charge is 0.354 e. The van der Waals surface area contributed by atoms with Crippen molar-refractivity contribution >= 4 is 18.0 Å². The van der Waals surface area contributed by atoms with Crippen molar-refractivity contribution in [1.29, 1.82) is 0 Å². The van der Waals surface area contributed by atoms with Crippen molar-refractivity contribution in [2.75, 3.05) is 13.7 Å². The Bertz CT molecular complexity index is 844. The van der Waals surface area contributed by atoms with Gasteiger partial charge in [-0.3, -0.25) is 4.79 Å². The Labute approximate surface area is 166 Å². The van der Waals surface area contributed by atoms with Gasteiger partial charge in [-0.15, -0.1) is 0 Å². The molecule has 148 valence electrons. The summed E-state index contributed by atoms with van der Waals surface area (Å²) in [6, 6.07) is 14.5. The quantitative estimate of drug-likeness (QED) is 0.598. The highest BCUT2D eigenvalue weighted by Gasteiger charge is 2.17. The van der Waals surface area contributed by atoms with E-state index in [1.165, 1.54) is 0 Å². The lowest BCUT2D eigenvalue weighted by Crippen LogP contribution is -2.28. The minimum absolute atomic E-state index is 0.000628. The molecule has 28 heavy (non-hydrogen) atoms. The van der Waals surface area contributed by atoms with Crippen LogP contribution in [0.4, 0.5) is 0 Å². The van der Waals surface area contributed by atoms with Crippen molar-refractivity contribution in [2.24, 2.45) is 0 Å². The number of rotatable bonds is 6. The van der Waals surface area contributed by atoms with Gasteiger partial charge in [0.1, 0.15) is 11.4 Å². The molecule has 2 aromatic rings. The normalized spacial score (nSPS) is 11.7. The molecule has 0 fully saturated rings. The summed E-state index contributed by atoms with van der Waals surface area (Å²) in [7, 11) is 1.58. The van der Waals surface area contributed by atoms with Crippen LogP contribution < -0.4 is 10.1 Å². The third-order valence-corrected chi connectivity index (χ3v) is 4.18. The Morgan fingerprint density at radius 1 is 1.00 bits per heavy atom. The molecule has 2 rings (SSSR count). The largest absolute Gasteiger partial charge is 0.497 e. The lowest BCUT2D eigenvalue weighted by molar-refractivity contribution is -0.138. The molecule has 2 aromatic carbocycles. The number of hydrogen-bond donors (Lipinski definition) is 1. The average Bonchev–Trinajstić information content (AvgIpc) is 2.67. The van der Waals surface area contributed by atoms with E-state index in [-0.39, 0.29) is 23.6 Å². The fraction of sp³-hybridized carbons (Fsp3) is 0.304. The van der Waals surface area contributed by atoms with E-state index >= 15 is 0 Å². The molecule has 5 heteroatoms. The van der Waals surface area contributed by atoms with E-state index in [4.69, 9.17) is 9.47 Å². The third kappa shape index (κ3) is 5.71. The Morgan fingerprint density at radius 2 is 1.61 bits per heavy atom. The van der Waals surface area contributed by atoms with Crippen molar-refractivity contribution in [3.63, 3.8) is 0 Å². The van der Waals surface area contributed by atoms with Crippen LogP contribution >= 0.6 is 0 Å². The van der Waals surface area contributed by atoms with Crippen LogP contribution in [0.2, 0.25) is 0 Å². The Balaban J connectivity index is 2.25. The van der Waals surface area contributed by atoms with E-state index in [0.29, 0.717) is 11.3 Å². The van der Waals surface area contributed by atoms with E-state index in [1.807, 2.05) is 12.1 Å². The van der Waals surface area contributed by atoms with Crippen LogP contribution in [0.15, 0.2) is 54.2 Å². The van der Waals surface area contributed by atoms with Crippen molar-refractivity contribution in [2.45, 2.75) is 33.1 Å². The van der Waals surface area contributed by atoms with Crippen LogP contribution in [0.3, 0.4) is 0 Å². The molecule has 0 heterocycles. The van der Waals surface area contributed by atoms with Gasteiger partial charge in [0.25, 0.3) is 5.91 Å². The topological polar surface area (TPSA) is 64.6 Å². The number of nitrogens with one attached hydrogen (secondary N) is 1. The molecular weight excluding hydrogens is 354 g/mol. The summed E-state index contributed by atoms with van der Waals surface area (Å²) in [5, 5.41) is 2.67. The molecule has 0 aromatic heterocycles. The Hall–Kier alpha value is -3.08. The van der Waals surface area contributed by atoms with Crippen molar-refractivity contribution in [1.82, 2.24) is 5.32 Å². The van der Waals surface area contributed by atoms with Gasteiger partial charge in [-0.1, -0.05) is 45.0 Å². The molecule has 1 N–H and O–H groups in total. The van der Waals surface area contributed by atoms with Crippen LogP contribution in [0.5, 0.6) is 5.75 Å². The van der Waals surface area contributed by atoms with Crippen LogP contribution in [0.25, 0.3) is 6.08 Å². The first-order valence-electron chi connectivity index (χ1n) is 9.19. The molecule has 0 spiro atoms. The Morgan fingerprint density at radius 3 is 2.11 bits per heavy atom. The zero-order chi connectivity index (χ0) is 20.7. The summed E-state index contributed by atoms with van der Waals surface area (Å²) in [6.07, 6.45) is 1.58. The van der Waals surface area contributed by atoms with Gasteiger partial charge in [0.15, 0.2) is 0 Å². The monoisotopic (exact) mass is 381 g/mol. The second-order valence-corrected chi connectivity index (χ2v) is 7.33. The predicted octanol–water partition coefficient (Wildman–Crippen LogP) is 4.33. The van der Waals surface area contributed by atoms with Gasteiger partial charge in [-0.2, -0.15) is 0 Å². The van der Waals surface area contributed by atoms with Crippen LogP contribution in [-0.2, 0) is 14.9 Å². The summed E-state index contributed by atoms with van der Waals surface area (Å²) in [6.45, 7) is 8.26. The van der Waals surface area contributed by atoms with Gasteiger partial charge >= 0.3 is 5.97 Å². The second kappa shape index (κ2) is 9.22. The molecule has 0 aliphatic rings. The maximum Gasteiger partial charge on any atom is 0.354 e. The van der Waals surface area contributed by atoms with Crippen LogP contribution in [0.1, 0.15) is 49.2 Å². The number of carbonyl (C=O) groups is 2. The number of carbonyl (C=O) groups excluding carboxylic acids is 2. The molecule has 0 bridgehead atoms. The second-order valence-electron chi connectivity index (χ2n) is 7.33. The highest BCUT2D eigenvalue weighted by Crippen LogP contribution is 2.22. The fourth-order valence-electron chi connectivity index (χ4n) is 2.54. The number of hydrogen-bond acceptors (Lipinski definition) is 4. The van der Waals surface area contributed by atoms with Crippen molar-refractivity contribution < 1.29 is 19.1 Å². The zero-order valence-electron chi connectivity index (χ0n) is 17.0. The van der Waals surface area contributed by atoms with Gasteiger partial charge in [0, 0.05) is 5.56 Å². The number of ether oxygens (including phenoxy) is 2. The Kier molecular flexibility index (Phi) is 6.99. The summed E-state index contributed by atoms with van der Waals surface area (Å²) in [5.41, 5.74) is 2.42. The molecular formula is C23H27NO4. The SMILES string of the molecule is CCOC(=O)/C(=C/c1ccc(OC)cc1)NC(=O)c1ccc(C(C)(C)C)cc1. The molecule has 0 radical (unpaired) electrons. The van der Waals surface area contributed by atoms with Gasteiger partial charge in [-0.05, 0) is 53.8 Å². The first-order chi connectivity index (χ1) is 13.2. The van der Waals surface area contributed by atoms with Gasteiger partial charge in [0.05, 0.1) is 13.7 Å². The van der Waals surface area contributed by atoms with Gasteiger partial charge in [-0.25, -0.2) is 4.79 Å². The van der Waals surface area contributed by atoms with Gasteiger partial charge in [0.2, 0.25) is 0 Å². The summed E-state index contributed by atoms with van der Waals surface area (Å²) >= 11 is 0. The first-order valence-corrected chi connectivity index (χ1v) is 9.19. The molecule has 0 saturated carbocycles. The predicted molar refractivity (Wildman–Crippen MR) is 110 cm³/mol. The van der Waals surface area contributed by atoms with Gasteiger partial charge < -0.3 is 14.8 Å². The molecule has 0 aliphatic carbocycles. The zero-order valence-corrected chi connectivity index (χ0v) is 17.0. The molecule has 0 saturated heterocycles. The number of benzene rings is 2. The molecule has 0 atom stereocenters. The first kappa shape index (κ1) is 21.2. The van der Waals surface area contributed by atoms with E-state index < -0.39 is 5.97 Å². The van der Waals surface area contributed by atoms with E-state index in [2.05, 4.69) is 26.1 Å². The lowest BCUT2D eigenvalue weighted by atomic mass is 9.87. The standard InChI is InChI=1S/C23H27NO4/c1-6-28-22(26)20(15-16-7-13-19(27-5)14-8-16)24-21(25)17-9-11-18(12-10-17)23(2,3)4/h7-15H,6H2,1-5H3,(H,24,25)/b20-15-. The minimum atomic E-state index is -0.585. The van der Waals surface area contributed by atoms with E-state index in [1.54, 1.807) is 56.5 Å². The minimum Gasteiger partial charge on any atom is -0.497 e. The van der Waals surface area contributed by atoms with Crippen LogP contribution in [0, 0.1) is 0 Å². The number of esters is 1. The lowest BCUT2D eigenvalue weighted by Gasteiger charge is -2.19. The average molecular weight is 381 g/mol.